The van der Waals surface area contributed by atoms with Crippen LogP contribution in [0.3, 0.4) is 0 Å². The maximum Gasteiger partial charge on any atom is 0.361 e. The van der Waals surface area contributed by atoms with Crippen LogP contribution in [0.4, 0.5) is 0 Å². The van der Waals surface area contributed by atoms with Crippen LogP contribution < -0.4 is 12.4 Å². The van der Waals surface area contributed by atoms with Crippen LogP contribution in [-0.4, -0.2) is 37.7 Å². The molecule has 1 aromatic carbocycles. The Balaban J connectivity index is 0.00000256. The number of hydrogen-bond acceptors (Lipinski definition) is 2. The second-order valence-corrected chi connectivity index (χ2v) is 4.54. The zero-order chi connectivity index (χ0) is 12.0. The zero-order valence-electron chi connectivity index (χ0n) is 10.6. The highest BCUT2D eigenvalue weighted by Gasteiger charge is 2.21. The summed E-state index contributed by atoms with van der Waals surface area (Å²) < 4.78 is 5.57. The molecule has 0 N–H and O–H groups in total. The van der Waals surface area contributed by atoms with Crippen molar-refractivity contribution in [2.75, 3.05) is 27.2 Å². The van der Waals surface area contributed by atoms with Crippen LogP contribution in [0, 0.1) is 0 Å². The molecule has 0 aliphatic heterocycles. The van der Waals surface area contributed by atoms with Crippen molar-refractivity contribution in [3.63, 3.8) is 0 Å². The Bertz CT molecular complexity index is 339. The van der Waals surface area contributed by atoms with Gasteiger partial charge in [-0.2, -0.15) is 0 Å². The van der Waals surface area contributed by atoms with Gasteiger partial charge in [-0.3, -0.25) is 0 Å². The highest BCUT2D eigenvalue weighted by molar-refractivity contribution is 5.70. The van der Waals surface area contributed by atoms with Gasteiger partial charge in [0.1, 0.15) is 6.54 Å². The van der Waals surface area contributed by atoms with Gasteiger partial charge in [0.05, 0.1) is 20.7 Å². The van der Waals surface area contributed by atoms with Crippen molar-refractivity contribution >= 4 is 5.97 Å². The Morgan fingerprint density at radius 2 is 1.82 bits per heavy atom. The summed E-state index contributed by atoms with van der Waals surface area (Å²) in [5.41, 5.74) is 1.23. The smallest absolute Gasteiger partial charge is 0.361 e. The molecule has 1 rings (SSSR count). The first kappa shape index (κ1) is 15.9. The van der Waals surface area contributed by atoms with E-state index in [9.17, 15) is 4.79 Å². The fourth-order valence-corrected chi connectivity index (χ4v) is 1.69. The highest BCUT2D eigenvalue weighted by Crippen LogP contribution is 2.08. The third kappa shape index (κ3) is 6.29. The number of quaternary nitrogens is 1. The summed E-state index contributed by atoms with van der Waals surface area (Å²) >= 11 is 0. The van der Waals surface area contributed by atoms with E-state index in [4.69, 9.17) is 4.74 Å². The average Bonchev–Trinajstić information content (AvgIpc) is 2.17. The van der Waals surface area contributed by atoms with Crippen molar-refractivity contribution in [3.05, 3.63) is 35.9 Å². The Labute approximate surface area is 109 Å². The van der Waals surface area contributed by atoms with Gasteiger partial charge in [0, 0.05) is 5.56 Å². The third-order valence-electron chi connectivity index (χ3n) is 2.32. The summed E-state index contributed by atoms with van der Waals surface area (Å²) in [5, 5.41) is 0. The average molecular weight is 258 g/mol. The summed E-state index contributed by atoms with van der Waals surface area (Å²) in [6.07, 6.45) is 0. The molecule has 0 heterocycles. The first-order chi connectivity index (χ1) is 7.53. The normalized spacial score (nSPS) is 10.5. The number of esters is 1. The fraction of sp³-hybridized carbons (Fsp3) is 0.462. The lowest BCUT2D eigenvalue weighted by Crippen LogP contribution is -3.00. The maximum absolute atomic E-state index is 11.4. The number of carbonyl (C=O) groups is 1. The van der Waals surface area contributed by atoms with Crippen LogP contribution in [0.15, 0.2) is 30.3 Å². The van der Waals surface area contributed by atoms with Gasteiger partial charge in [-0.15, -0.1) is 0 Å². The van der Waals surface area contributed by atoms with Crippen LogP contribution in [0.5, 0.6) is 0 Å². The SMILES string of the molecule is CCOC(=O)C[N+](C)(C)Cc1ccccc1.[Cl-]. The fourth-order valence-electron chi connectivity index (χ4n) is 1.69. The largest absolute Gasteiger partial charge is 1.00 e. The summed E-state index contributed by atoms with van der Waals surface area (Å²) in [6, 6.07) is 10.2. The molecule has 3 nitrogen and oxygen atoms in total. The van der Waals surface area contributed by atoms with Crippen LogP contribution in [0.25, 0.3) is 0 Å². The van der Waals surface area contributed by atoms with E-state index < -0.39 is 0 Å². The molecule has 0 aliphatic carbocycles. The van der Waals surface area contributed by atoms with E-state index in [1.54, 1.807) is 0 Å². The zero-order valence-corrected chi connectivity index (χ0v) is 11.4. The van der Waals surface area contributed by atoms with Crippen molar-refractivity contribution < 1.29 is 26.4 Å². The first-order valence-corrected chi connectivity index (χ1v) is 5.55. The Morgan fingerprint density at radius 3 is 2.35 bits per heavy atom. The molecule has 4 heteroatoms. The molecule has 0 saturated carbocycles. The second kappa shape index (κ2) is 7.30. The van der Waals surface area contributed by atoms with Crippen molar-refractivity contribution in [1.82, 2.24) is 0 Å². The van der Waals surface area contributed by atoms with Gasteiger partial charge in [0.2, 0.25) is 0 Å². The monoisotopic (exact) mass is 257 g/mol. The van der Waals surface area contributed by atoms with E-state index in [-0.39, 0.29) is 18.4 Å². The van der Waals surface area contributed by atoms with Crippen molar-refractivity contribution in [2.45, 2.75) is 13.5 Å². The van der Waals surface area contributed by atoms with Crippen LogP contribution in [-0.2, 0) is 16.1 Å². The molecule has 96 valence electrons. The molecule has 0 fully saturated rings. The second-order valence-electron chi connectivity index (χ2n) is 4.54. The highest BCUT2D eigenvalue weighted by atomic mass is 35.5. The number of ether oxygens (including phenoxy) is 1. The summed E-state index contributed by atoms with van der Waals surface area (Å²) in [4.78, 5) is 11.4. The Hall–Kier alpha value is -1.06. The maximum atomic E-state index is 11.4. The van der Waals surface area contributed by atoms with Gasteiger partial charge in [-0.25, -0.2) is 4.79 Å². The molecule has 0 unspecified atom stereocenters. The number of carbonyl (C=O) groups excluding carboxylic acids is 1. The van der Waals surface area contributed by atoms with Crippen LogP contribution >= 0.6 is 0 Å². The van der Waals surface area contributed by atoms with E-state index in [2.05, 4.69) is 12.1 Å². The number of rotatable bonds is 5. The minimum Gasteiger partial charge on any atom is -1.00 e. The van der Waals surface area contributed by atoms with Gasteiger partial charge < -0.3 is 21.6 Å². The van der Waals surface area contributed by atoms with Gasteiger partial charge >= 0.3 is 5.97 Å². The van der Waals surface area contributed by atoms with Gasteiger partial charge in [-0.05, 0) is 6.92 Å². The van der Waals surface area contributed by atoms with E-state index in [1.165, 1.54) is 5.56 Å². The molecule has 0 spiro atoms. The van der Waals surface area contributed by atoms with E-state index >= 15 is 0 Å². The lowest BCUT2D eigenvalue weighted by molar-refractivity contribution is -0.896. The molecule has 0 saturated heterocycles. The minimum absolute atomic E-state index is 0. The van der Waals surface area contributed by atoms with Crippen molar-refractivity contribution in [1.29, 1.82) is 0 Å². The van der Waals surface area contributed by atoms with Crippen LogP contribution in [0.2, 0.25) is 0 Å². The predicted molar refractivity (Wildman–Crippen MR) is 63.8 cm³/mol. The summed E-state index contributed by atoms with van der Waals surface area (Å²) in [7, 11) is 4.06. The summed E-state index contributed by atoms with van der Waals surface area (Å²) in [5.74, 6) is -0.136. The molecular weight excluding hydrogens is 238 g/mol. The number of benzene rings is 1. The van der Waals surface area contributed by atoms with E-state index in [1.807, 2.05) is 39.2 Å². The predicted octanol–water partition coefficient (Wildman–Crippen LogP) is -1.17. The molecule has 0 amide bonds. The summed E-state index contributed by atoms with van der Waals surface area (Å²) in [6.45, 7) is 3.52. The number of halogens is 1. The molecule has 0 atom stereocenters. The number of likely N-dealkylation sites (N-methyl/N-ethyl adjacent to an activating group) is 1. The van der Waals surface area contributed by atoms with Gasteiger partial charge in [0.15, 0.2) is 6.54 Å². The molecule has 17 heavy (non-hydrogen) atoms. The lowest BCUT2D eigenvalue weighted by Gasteiger charge is -2.28. The van der Waals surface area contributed by atoms with Crippen molar-refractivity contribution in [3.8, 4) is 0 Å². The van der Waals surface area contributed by atoms with Crippen molar-refractivity contribution in [2.24, 2.45) is 0 Å². The quantitative estimate of drug-likeness (QED) is 0.491. The molecular formula is C13H20ClNO2. The standard InChI is InChI=1S/C13H20NO2.ClH/c1-4-16-13(15)11-14(2,3)10-12-8-6-5-7-9-12;/h5-9H,4,10-11H2,1-3H3;1H/q+1;/p-1. The lowest BCUT2D eigenvalue weighted by atomic mass is 10.2. The molecule has 0 radical (unpaired) electrons. The topological polar surface area (TPSA) is 26.3 Å². The number of nitrogens with zero attached hydrogens (tertiary/aromatic N) is 1. The molecule has 0 bridgehead atoms. The Morgan fingerprint density at radius 1 is 1.24 bits per heavy atom. The van der Waals surface area contributed by atoms with E-state index in [0.29, 0.717) is 17.6 Å². The minimum atomic E-state index is -0.136. The first-order valence-electron chi connectivity index (χ1n) is 5.55. The molecule has 1 aromatic rings. The number of hydrogen-bond donors (Lipinski definition) is 0. The van der Waals surface area contributed by atoms with Crippen LogP contribution in [0.1, 0.15) is 12.5 Å². The van der Waals surface area contributed by atoms with Gasteiger partial charge in [-0.1, -0.05) is 30.3 Å². The molecule has 0 aliphatic rings. The van der Waals surface area contributed by atoms with E-state index in [0.717, 1.165) is 6.54 Å². The van der Waals surface area contributed by atoms with Gasteiger partial charge in [0.25, 0.3) is 0 Å². The third-order valence-corrected chi connectivity index (χ3v) is 2.32. The Kier molecular flexibility index (Phi) is 6.85. The molecule has 0 aromatic heterocycles.